The summed E-state index contributed by atoms with van der Waals surface area (Å²) in [5.41, 5.74) is 2.99. The Morgan fingerprint density at radius 2 is 1.29 bits per heavy atom. The lowest BCUT2D eigenvalue weighted by molar-refractivity contribution is -0.156. The first-order chi connectivity index (χ1) is 14.9. The van der Waals surface area contributed by atoms with Crippen molar-refractivity contribution in [2.24, 2.45) is 4.99 Å². The van der Waals surface area contributed by atoms with E-state index in [2.05, 4.69) is 6.58 Å². The quantitative estimate of drug-likeness (QED) is 0.264. The fourth-order valence-electron chi connectivity index (χ4n) is 3.41. The van der Waals surface area contributed by atoms with Crippen LogP contribution in [0.3, 0.4) is 0 Å². The van der Waals surface area contributed by atoms with Crippen molar-refractivity contribution in [3.8, 4) is 0 Å². The zero-order chi connectivity index (χ0) is 22.3. The maximum atomic E-state index is 13.4. The second kappa shape index (κ2) is 10.0. The van der Waals surface area contributed by atoms with Crippen LogP contribution < -0.4 is 0 Å². The van der Waals surface area contributed by atoms with Gasteiger partial charge in [0.15, 0.2) is 6.04 Å². The van der Waals surface area contributed by atoms with Gasteiger partial charge in [-0.1, -0.05) is 97.1 Å². The van der Waals surface area contributed by atoms with Crippen LogP contribution >= 0.6 is 0 Å². The molecule has 3 rings (SSSR count). The molecule has 0 aromatic heterocycles. The molecule has 0 amide bonds. The number of esters is 1. The van der Waals surface area contributed by atoms with Gasteiger partial charge in [-0.05, 0) is 26.3 Å². The molecule has 0 N–H and O–H groups in total. The summed E-state index contributed by atoms with van der Waals surface area (Å²) in [5, 5.41) is 0. The molecule has 31 heavy (non-hydrogen) atoms. The molecule has 0 saturated carbocycles. The smallest absolute Gasteiger partial charge is 0.332 e. The molecule has 0 aliphatic rings. The standard InChI is InChI=1S/C28H29NO2/c1-5-24(21-15-9-6-10-16-21)26(27(30)31-28(2,3)4)29-25(22-17-11-7-12-18-22)23-19-13-8-14-20-23/h5-20,24,26H,1H2,2-4H3/t24-,26-/m0/s1. The Labute approximate surface area is 185 Å². The van der Waals surface area contributed by atoms with E-state index in [0.29, 0.717) is 0 Å². The molecule has 0 aliphatic carbocycles. The van der Waals surface area contributed by atoms with E-state index >= 15 is 0 Å². The van der Waals surface area contributed by atoms with Gasteiger partial charge in [0, 0.05) is 17.0 Å². The van der Waals surface area contributed by atoms with E-state index in [0.717, 1.165) is 22.4 Å². The predicted octanol–water partition coefficient (Wildman–Crippen LogP) is 6.20. The van der Waals surface area contributed by atoms with Gasteiger partial charge in [-0.3, -0.25) is 4.99 Å². The molecule has 3 nitrogen and oxygen atoms in total. The fraction of sp³-hybridized carbons (Fsp3) is 0.214. The molecule has 3 aromatic carbocycles. The van der Waals surface area contributed by atoms with Crippen LogP contribution in [0.4, 0.5) is 0 Å². The van der Waals surface area contributed by atoms with E-state index in [1.54, 1.807) is 6.08 Å². The number of aliphatic imine (C=N–C) groups is 1. The lowest BCUT2D eigenvalue weighted by Gasteiger charge is -2.26. The minimum absolute atomic E-state index is 0.321. The first-order valence-corrected chi connectivity index (χ1v) is 10.5. The van der Waals surface area contributed by atoms with E-state index in [9.17, 15) is 4.79 Å². The van der Waals surface area contributed by atoms with E-state index in [4.69, 9.17) is 9.73 Å². The van der Waals surface area contributed by atoms with Gasteiger partial charge in [0.2, 0.25) is 0 Å². The van der Waals surface area contributed by atoms with Gasteiger partial charge >= 0.3 is 5.97 Å². The van der Waals surface area contributed by atoms with Gasteiger partial charge in [-0.25, -0.2) is 4.79 Å². The minimum Gasteiger partial charge on any atom is -0.458 e. The molecule has 0 bridgehead atoms. The lowest BCUT2D eigenvalue weighted by Crippen LogP contribution is -2.35. The zero-order valence-corrected chi connectivity index (χ0v) is 18.4. The molecule has 0 aliphatic heterocycles. The number of carbonyl (C=O) groups excluding carboxylic acids is 1. The first kappa shape index (κ1) is 22.2. The van der Waals surface area contributed by atoms with Crippen molar-refractivity contribution in [3.63, 3.8) is 0 Å². The zero-order valence-electron chi connectivity index (χ0n) is 18.4. The van der Waals surface area contributed by atoms with Gasteiger partial charge < -0.3 is 4.74 Å². The molecular weight excluding hydrogens is 382 g/mol. The van der Waals surface area contributed by atoms with E-state index in [1.165, 1.54) is 0 Å². The lowest BCUT2D eigenvalue weighted by atomic mass is 9.91. The first-order valence-electron chi connectivity index (χ1n) is 10.5. The molecule has 0 saturated heterocycles. The van der Waals surface area contributed by atoms with Crippen molar-refractivity contribution in [1.82, 2.24) is 0 Å². The molecule has 3 aromatic rings. The van der Waals surface area contributed by atoms with Crippen molar-refractivity contribution in [1.29, 1.82) is 0 Å². The summed E-state index contributed by atoms with van der Waals surface area (Å²) in [5.74, 6) is -0.691. The number of hydrogen-bond donors (Lipinski definition) is 0. The largest absolute Gasteiger partial charge is 0.458 e. The van der Waals surface area contributed by atoms with E-state index in [1.807, 2.05) is 112 Å². The van der Waals surface area contributed by atoms with Gasteiger partial charge in [0.25, 0.3) is 0 Å². The summed E-state index contributed by atoms with van der Waals surface area (Å²) in [6.07, 6.45) is 1.78. The average molecular weight is 412 g/mol. The number of benzene rings is 3. The summed E-state index contributed by atoms with van der Waals surface area (Å²) >= 11 is 0. The summed E-state index contributed by atoms with van der Waals surface area (Å²) in [4.78, 5) is 18.4. The van der Waals surface area contributed by atoms with Crippen molar-refractivity contribution in [3.05, 3.63) is 120 Å². The number of hydrogen-bond acceptors (Lipinski definition) is 3. The van der Waals surface area contributed by atoms with E-state index in [-0.39, 0.29) is 11.9 Å². The number of carbonyl (C=O) groups is 1. The summed E-state index contributed by atoms with van der Waals surface area (Å²) < 4.78 is 5.78. The molecule has 0 fully saturated rings. The highest BCUT2D eigenvalue weighted by Gasteiger charge is 2.32. The van der Waals surface area contributed by atoms with Crippen LogP contribution in [-0.2, 0) is 9.53 Å². The van der Waals surface area contributed by atoms with Crippen LogP contribution in [0.5, 0.6) is 0 Å². The number of ether oxygens (including phenoxy) is 1. The Kier molecular flexibility index (Phi) is 7.19. The highest BCUT2D eigenvalue weighted by atomic mass is 16.6. The van der Waals surface area contributed by atoms with Crippen LogP contribution in [0.15, 0.2) is 109 Å². The third-order valence-electron chi connectivity index (χ3n) is 4.79. The molecule has 0 spiro atoms. The van der Waals surface area contributed by atoms with Crippen LogP contribution in [-0.4, -0.2) is 23.3 Å². The second-order valence-electron chi connectivity index (χ2n) is 8.36. The normalized spacial score (nSPS) is 13.0. The monoisotopic (exact) mass is 411 g/mol. The fourth-order valence-corrected chi connectivity index (χ4v) is 3.41. The van der Waals surface area contributed by atoms with Gasteiger partial charge in [0.05, 0.1) is 5.71 Å². The van der Waals surface area contributed by atoms with Crippen molar-refractivity contribution in [2.75, 3.05) is 0 Å². The Bertz CT molecular complexity index is 977. The Morgan fingerprint density at radius 1 is 0.839 bits per heavy atom. The van der Waals surface area contributed by atoms with Crippen LogP contribution in [0.25, 0.3) is 0 Å². The van der Waals surface area contributed by atoms with Gasteiger partial charge in [-0.2, -0.15) is 0 Å². The summed E-state index contributed by atoms with van der Waals surface area (Å²) in [6, 6.07) is 28.9. The minimum atomic E-state index is -0.769. The Hall–Kier alpha value is -3.46. The number of rotatable bonds is 7. The van der Waals surface area contributed by atoms with Gasteiger partial charge in [0.1, 0.15) is 5.60 Å². The van der Waals surface area contributed by atoms with Crippen LogP contribution in [0.2, 0.25) is 0 Å². The third-order valence-corrected chi connectivity index (χ3v) is 4.79. The third kappa shape index (κ3) is 6.02. The van der Waals surface area contributed by atoms with Gasteiger partial charge in [-0.15, -0.1) is 6.58 Å². The van der Waals surface area contributed by atoms with Crippen molar-refractivity contribution >= 4 is 11.7 Å². The van der Waals surface area contributed by atoms with Crippen LogP contribution in [0.1, 0.15) is 43.4 Å². The average Bonchev–Trinajstić information content (AvgIpc) is 2.77. The summed E-state index contributed by atoms with van der Waals surface area (Å²) in [6.45, 7) is 9.62. The molecule has 0 radical (unpaired) electrons. The highest BCUT2D eigenvalue weighted by molar-refractivity contribution is 6.13. The van der Waals surface area contributed by atoms with Crippen LogP contribution in [0, 0.1) is 0 Å². The maximum Gasteiger partial charge on any atom is 0.332 e. The highest BCUT2D eigenvalue weighted by Crippen LogP contribution is 2.27. The molecular formula is C28H29NO2. The Morgan fingerprint density at radius 3 is 1.71 bits per heavy atom. The second-order valence-corrected chi connectivity index (χ2v) is 8.36. The van der Waals surface area contributed by atoms with Crippen molar-refractivity contribution < 1.29 is 9.53 Å². The number of nitrogens with zero attached hydrogens (tertiary/aromatic N) is 1. The molecule has 158 valence electrons. The van der Waals surface area contributed by atoms with E-state index < -0.39 is 11.6 Å². The maximum absolute atomic E-state index is 13.4. The SMILES string of the molecule is C=C[C@@H](c1ccccc1)[C@H](N=C(c1ccccc1)c1ccccc1)C(=O)OC(C)(C)C. The molecule has 0 unspecified atom stereocenters. The molecule has 2 atom stereocenters. The Balaban J connectivity index is 2.16. The molecule has 3 heteroatoms. The topological polar surface area (TPSA) is 38.7 Å². The predicted molar refractivity (Wildman–Crippen MR) is 128 cm³/mol. The summed E-state index contributed by atoms with van der Waals surface area (Å²) in [7, 11) is 0. The molecule has 0 heterocycles. The van der Waals surface area contributed by atoms with Crippen molar-refractivity contribution in [2.45, 2.75) is 38.3 Å².